The van der Waals surface area contributed by atoms with Gasteiger partial charge in [0.15, 0.2) is 5.78 Å². The Kier molecular flexibility index (Phi) is 1.89. The zero-order valence-electron chi connectivity index (χ0n) is 7.27. The highest BCUT2D eigenvalue weighted by Crippen LogP contribution is 2.30. The fourth-order valence-electron chi connectivity index (χ4n) is 1.34. The molecule has 1 N–H and O–H groups in total. The predicted molar refractivity (Wildman–Crippen MR) is 43.2 cm³/mol. The Bertz CT molecular complexity index is 224. The molecule has 1 aliphatic carbocycles. The number of hydrogen-bond donors (Lipinski definition) is 1. The van der Waals surface area contributed by atoms with E-state index in [0.29, 0.717) is 12.8 Å². The van der Waals surface area contributed by atoms with Crippen molar-refractivity contribution >= 4 is 5.78 Å². The van der Waals surface area contributed by atoms with E-state index in [2.05, 4.69) is 0 Å². The third-order valence-electron chi connectivity index (χ3n) is 2.63. The van der Waals surface area contributed by atoms with Crippen LogP contribution < -0.4 is 0 Å². The van der Waals surface area contributed by atoms with Crippen molar-refractivity contribution in [2.75, 3.05) is 0 Å². The number of carbonyl (C=O) groups is 1. The molecule has 0 saturated heterocycles. The minimum atomic E-state index is -0.752. The number of carbonyl (C=O) groups excluding carboxylic acids is 1. The zero-order valence-corrected chi connectivity index (χ0v) is 7.27. The molecule has 0 heterocycles. The first-order valence-corrected chi connectivity index (χ1v) is 3.88. The van der Waals surface area contributed by atoms with Crippen molar-refractivity contribution in [3.8, 4) is 0 Å². The summed E-state index contributed by atoms with van der Waals surface area (Å²) in [6.45, 7) is 5.37. The number of allylic oxidation sites excluding steroid dienone is 1. The van der Waals surface area contributed by atoms with Gasteiger partial charge in [0.05, 0.1) is 5.60 Å². The minimum absolute atomic E-state index is 0.175. The molecule has 0 aromatic heterocycles. The van der Waals surface area contributed by atoms with E-state index in [-0.39, 0.29) is 5.78 Å². The quantitative estimate of drug-likeness (QED) is 0.573. The van der Waals surface area contributed by atoms with Gasteiger partial charge in [-0.25, -0.2) is 0 Å². The summed E-state index contributed by atoms with van der Waals surface area (Å²) in [6, 6.07) is 0. The standard InChI is InChI=1S/C9H14O2/c1-6-7(2)9(3,11)5-4-8(6)10/h11H,4-5H2,1-3H3. The lowest BCUT2D eigenvalue weighted by Crippen LogP contribution is -2.32. The summed E-state index contributed by atoms with van der Waals surface area (Å²) in [7, 11) is 0. The third-order valence-corrected chi connectivity index (χ3v) is 2.63. The molecule has 0 fully saturated rings. The van der Waals surface area contributed by atoms with E-state index >= 15 is 0 Å². The summed E-state index contributed by atoms with van der Waals surface area (Å²) < 4.78 is 0. The predicted octanol–water partition coefficient (Wildman–Crippen LogP) is 1.44. The van der Waals surface area contributed by atoms with Crippen molar-refractivity contribution < 1.29 is 9.90 Å². The van der Waals surface area contributed by atoms with Gasteiger partial charge < -0.3 is 5.11 Å². The van der Waals surface area contributed by atoms with E-state index in [1.54, 1.807) is 13.8 Å². The molecule has 1 atom stereocenters. The Labute approximate surface area is 66.9 Å². The summed E-state index contributed by atoms with van der Waals surface area (Å²) >= 11 is 0. The summed E-state index contributed by atoms with van der Waals surface area (Å²) in [5.74, 6) is 0.175. The average Bonchev–Trinajstić information content (AvgIpc) is 1.95. The van der Waals surface area contributed by atoms with Gasteiger partial charge >= 0.3 is 0 Å². The summed E-state index contributed by atoms with van der Waals surface area (Å²) in [6.07, 6.45) is 1.05. The second-order valence-corrected chi connectivity index (χ2v) is 3.45. The van der Waals surface area contributed by atoms with E-state index in [4.69, 9.17) is 0 Å². The molecular weight excluding hydrogens is 140 g/mol. The Hall–Kier alpha value is -0.630. The molecule has 0 radical (unpaired) electrons. The number of aliphatic hydroxyl groups is 1. The van der Waals surface area contributed by atoms with Gasteiger partial charge in [-0.3, -0.25) is 4.79 Å². The summed E-state index contributed by atoms with van der Waals surface area (Å²) in [5, 5.41) is 9.72. The van der Waals surface area contributed by atoms with Crippen LogP contribution in [0.4, 0.5) is 0 Å². The van der Waals surface area contributed by atoms with Gasteiger partial charge in [-0.15, -0.1) is 0 Å². The highest BCUT2D eigenvalue weighted by molar-refractivity contribution is 5.96. The van der Waals surface area contributed by atoms with E-state index in [0.717, 1.165) is 11.1 Å². The fraction of sp³-hybridized carbons (Fsp3) is 0.667. The van der Waals surface area contributed by atoms with Crippen molar-refractivity contribution in [1.29, 1.82) is 0 Å². The highest BCUT2D eigenvalue weighted by atomic mass is 16.3. The van der Waals surface area contributed by atoms with Crippen molar-refractivity contribution in [2.45, 2.75) is 39.2 Å². The average molecular weight is 154 g/mol. The normalized spacial score (nSPS) is 32.9. The summed E-state index contributed by atoms with van der Waals surface area (Å²) in [4.78, 5) is 11.1. The second-order valence-electron chi connectivity index (χ2n) is 3.45. The monoisotopic (exact) mass is 154 g/mol. The van der Waals surface area contributed by atoms with Gasteiger partial charge in [0.1, 0.15) is 0 Å². The van der Waals surface area contributed by atoms with Gasteiger partial charge in [0.25, 0.3) is 0 Å². The van der Waals surface area contributed by atoms with Gasteiger partial charge in [-0.2, -0.15) is 0 Å². The molecule has 0 bridgehead atoms. The molecule has 1 rings (SSSR count). The Morgan fingerprint density at radius 2 is 2.00 bits per heavy atom. The lowest BCUT2D eigenvalue weighted by Gasteiger charge is -2.29. The molecule has 2 nitrogen and oxygen atoms in total. The molecule has 1 aliphatic rings. The first kappa shape index (κ1) is 8.47. The second kappa shape index (κ2) is 2.45. The van der Waals surface area contributed by atoms with Crippen LogP contribution in [0.3, 0.4) is 0 Å². The van der Waals surface area contributed by atoms with Gasteiger partial charge in [-0.1, -0.05) is 0 Å². The largest absolute Gasteiger partial charge is 0.386 e. The van der Waals surface area contributed by atoms with Crippen LogP contribution in [0, 0.1) is 0 Å². The summed E-state index contributed by atoms with van der Waals surface area (Å²) in [5.41, 5.74) is 0.813. The number of ketones is 1. The molecule has 0 spiro atoms. The van der Waals surface area contributed by atoms with Crippen LogP contribution in [0.2, 0.25) is 0 Å². The molecule has 0 aromatic rings. The molecule has 11 heavy (non-hydrogen) atoms. The van der Waals surface area contributed by atoms with Crippen LogP contribution in [0.25, 0.3) is 0 Å². The van der Waals surface area contributed by atoms with Crippen LogP contribution in [0.5, 0.6) is 0 Å². The molecule has 0 aliphatic heterocycles. The van der Waals surface area contributed by atoms with Crippen LogP contribution >= 0.6 is 0 Å². The first-order chi connectivity index (χ1) is 4.95. The molecule has 0 amide bonds. The van der Waals surface area contributed by atoms with Crippen molar-refractivity contribution in [3.63, 3.8) is 0 Å². The van der Waals surface area contributed by atoms with E-state index in [1.807, 2.05) is 6.92 Å². The Balaban J connectivity index is 3.07. The lowest BCUT2D eigenvalue weighted by molar-refractivity contribution is -0.117. The van der Waals surface area contributed by atoms with Gasteiger partial charge in [0.2, 0.25) is 0 Å². The van der Waals surface area contributed by atoms with Crippen molar-refractivity contribution in [3.05, 3.63) is 11.1 Å². The minimum Gasteiger partial charge on any atom is -0.386 e. The molecule has 0 aromatic carbocycles. The molecule has 1 unspecified atom stereocenters. The number of Topliss-reactive ketones (excluding diaryl/α,β-unsaturated/α-hetero) is 1. The maximum absolute atomic E-state index is 11.1. The van der Waals surface area contributed by atoms with E-state index in [1.165, 1.54) is 0 Å². The topological polar surface area (TPSA) is 37.3 Å². The van der Waals surface area contributed by atoms with Gasteiger partial charge in [-0.05, 0) is 38.3 Å². The maximum atomic E-state index is 11.1. The van der Waals surface area contributed by atoms with Crippen LogP contribution in [-0.4, -0.2) is 16.5 Å². The van der Waals surface area contributed by atoms with Crippen LogP contribution in [0.1, 0.15) is 33.6 Å². The maximum Gasteiger partial charge on any atom is 0.158 e. The highest BCUT2D eigenvalue weighted by Gasteiger charge is 2.30. The first-order valence-electron chi connectivity index (χ1n) is 3.88. The van der Waals surface area contributed by atoms with Crippen molar-refractivity contribution in [1.82, 2.24) is 0 Å². The van der Waals surface area contributed by atoms with E-state index in [9.17, 15) is 9.90 Å². The van der Waals surface area contributed by atoms with Gasteiger partial charge in [0, 0.05) is 6.42 Å². The Morgan fingerprint density at radius 1 is 1.45 bits per heavy atom. The smallest absolute Gasteiger partial charge is 0.158 e. The SMILES string of the molecule is CC1=C(C)C(C)(O)CCC1=O. The molecule has 2 heteroatoms. The van der Waals surface area contributed by atoms with E-state index < -0.39 is 5.60 Å². The Morgan fingerprint density at radius 3 is 2.45 bits per heavy atom. The van der Waals surface area contributed by atoms with Crippen LogP contribution in [-0.2, 0) is 4.79 Å². The van der Waals surface area contributed by atoms with Crippen molar-refractivity contribution in [2.24, 2.45) is 0 Å². The number of hydrogen-bond acceptors (Lipinski definition) is 2. The molecular formula is C9H14O2. The third kappa shape index (κ3) is 1.36. The molecule has 62 valence electrons. The lowest BCUT2D eigenvalue weighted by atomic mass is 9.81. The fourth-order valence-corrected chi connectivity index (χ4v) is 1.34. The van der Waals surface area contributed by atoms with Crippen LogP contribution in [0.15, 0.2) is 11.1 Å². The molecule has 0 saturated carbocycles. The number of rotatable bonds is 0. The zero-order chi connectivity index (χ0) is 8.65.